The maximum Gasteiger partial charge on any atom is 0.267 e. The zero-order valence-corrected chi connectivity index (χ0v) is 13.7. The Morgan fingerprint density at radius 1 is 1.33 bits per heavy atom. The molecule has 0 unspecified atom stereocenters. The molecule has 24 heavy (non-hydrogen) atoms. The molecule has 1 amide bonds. The number of hydrogen-bond acceptors (Lipinski definition) is 6. The average molecular weight is 342 g/mol. The van der Waals surface area contributed by atoms with Crippen LogP contribution in [0.3, 0.4) is 0 Å². The van der Waals surface area contributed by atoms with Crippen molar-refractivity contribution in [3.63, 3.8) is 0 Å². The average Bonchev–Trinajstić information content (AvgIpc) is 3.33. The minimum Gasteiger partial charge on any atom is -0.454 e. The number of benzene rings is 1. The second-order valence-corrected chi connectivity index (χ2v) is 6.17. The normalized spacial score (nSPS) is 12.4. The summed E-state index contributed by atoms with van der Waals surface area (Å²) in [5, 5.41) is 7.71. The lowest BCUT2D eigenvalue weighted by molar-refractivity contribution is 0.103. The third kappa shape index (κ3) is 2.71. The van der Waals surface area contributed by atoms with Crippen LogP contribution in [0.4, 0.5) is 5.69 Å². The lowest BCUT2D eigenvalue weighted by atomic mass is 10.2. The zero-order chi connectivity index (χ0) is 16.5. The van der Waals surface area contributed by atoms with Crippen LogP contribution in [0.1, 0.15) is 16.6 Å². The van der Waals surface area contributed by atoms with Gasteiger partial charge in [-0.05, 0) is 25.1 Å². The predicted octanol–water partition coefficient (Wildman–Crippen LogP) is 3.01. The molecule has 122 valence electrons. The summed E-state index contributed by atoms with van der Waals surface area (Å²) in [4.78, 5) is 17.2. The van der Waals surface area contributed by atoms with Crippen molar-refractivity contribution in [2.24, 2.45) is 0 Å². The van der Waals surface area contributed by atoms with Crippen molar-refractivity contribution >= 4 is 22.9 Å². The fourth-order valence-corrected chi connectivity index (χ4v) is 3.14. The Bertz CT molecular complexity index is 902. The van der Waals surface area contributed by atoms with Crippen molar-refractivity contribution in [2.45, 2.75) is 13.5 Å². The molecule has 0 fully saturated rings. The van der Waals surface area contributed by atoms with Crippen molar-refractivity contribution < 1.29 is 14.3 Å². The Hall–Kier alpha value is -2.87. The van der Waals surface area contributed by atoms with Gasteiger partial charge in [0.1, 0.15) is 9.88 Å². The van der Waals surface area contributed by atoms with E-state index in [1.54, 1.807) is 23.3 Å². The molecule has 1 aromatic carbocycles. The summed E-state index contributed by atoms with van der Waals surface area (Å²) < 4.78 is 12.4. The van der Waals surface area contributed by atoms with Gasteiger partial charge in [-0.2, -0.15) is 5.10 Å². The van der Waals surface area contributed by atoms with Gasteiger partial charge in [-0.25, -0.2) is 4.98 Å². The largest absolute Gasteiger partial charge is 0.454 e. The van der Waals surface area contributed by atoms with Crippen LogP contribution in [-0.4, -0.2) is 27.5 Å². The standard InChI is InChI=1S/C16H14N4O3S/c1-2-20-8-11(6-18-20)19-15(21)14-7-17-16(24-14)10-3-4-12-13(5-10)23-9-22-12/h3-8H,2,9H2,1H3,(H,19,21). The number of anilines is 1. The Morgan fingerprint density at radius 3 is 3.04 bits per heavy atom. The van der Waals surface area contributed by atoms with E-state index in [0.717, 1.165) is 22.9 Å². The van der Waals surface area contributed by atoms with Gasteiger partial charge in [-0.1, -0.05) is 0 Å². The summed E-state index contributed by atoms with van der Waals surface area (Å²) in [6.07, 6.45) is 4.99. The molecule has 0 spiro atoms. The van der Waals surface area contributed by atoms with E-state index in [1.165, 1.54) is 11.3 Å². The van der Waals surface area contributed by atoms with Crippen LogP contribution in [0.15, 0.2) is 36.8 Å². The van der Waals surface area contributed by atoms with Crippen LogP contribution < -0.4 is 14.8 Å². The molecule has 0 bridgehead atoms. The third-order valence-electron chi connectivity index (χ3n) is 3.56. The molecule has 3 heterocycles. The highest BCUT2D eigenvalue weighted by Gasteiger charge is 2.17. The fraction of sp³-hybridized carbons (Fsp3) is 0.188. The SMILES string of the molecule is CCn1cc(NC(=O)c2cnc(-c3ccc4c(c3)OCO4)s2)cn1. The van der Waals surface area contributed by atoms with Gasteiger partial charge in [0.05, 0.1) is 18.1 Å². The number of amides is 1. The van der Waals surface area contributed by atoms with Crippen LogP contribution >= 0.6 is 11.3 Å². The lowest BCUT2D eigenvalue weighted by Crippen LogP contribution is -2.09. The van der Waals surface area contributed by atoms with Crippen molar-refractivity contribution in [3.8, 4) is 22.1 Å². The molecule has 3 aromatic rings. The second kappa shape index (κ2) is 5.97. The number of nitrogens with zero attached hydrogens (tertiary/aromatic N) is 3. The maximum absolute atomic E-state index is 12.3. The topological polar surface area (TPSA) is 78.3 Å². The first kappa shape index (κ1) is 14.7. The molecule has 7 nitrogen and oxygen atoms in total. The fourth-order valence-electron chi connectivity index (χ4n) is 2.34. The van der Waals surface area contributed by atoms with Gasteiger partial charge < -0.3 is 14.8 Å². The van der Waals surface area contributed by atoms with Crippen LogP contribution in [0, 0.1) is 0 Å². The predicted molar refractivity (Wildman–Crippen MR) is 89.5 cm³/mol. The van der Waals surface area contributed by atoms with Crippen LogP contribution in [0.25, 0.3) is 10.6 Å². The Morgan fingerprint density at radius 2 is 2.21 bits per heavy atom. The van der Waals surface area contributed by atoms with E-state index in [1.807, 2.05) is 25.1 Å². The van der Waals surface area contributed by atoms with E-state index in [-0.39, 0.29) is 12.7 Å². The van der Waals surface area contributed by atoms with Gasteiger partial charge in [0.15, 0.2) is 11.5 Å². The minimum absolute atomic E-state index is 0.199. The molecule has 0 aliphatic carbocycles. The number of carbonyl (C=O) groups excluding carboxylic acids is 1. The molecule has 8 heteroatoms. The Kier molecular flexibility index (Phi) is 3.66. The molecular formula is C16H14N4O3S. The number of aryl methyl sites for hydroxylation is 1. The number of rotatable bonds is 4. The minimum atomic E-state index is -0.199. The highest BCUT2D eigenvalue weighted by molar-refractivity contribution is 7.17. The molecule has 0 radical (unpaired) electrons. The molecular weight excluding hydrogens is 328 g/mol. The number of thiazole rings is 1. The van der Waals surface area contributed by atoms with E-state index in [4.69, 9.17) is 9.47 Å². The van der Waals surface area contributed by atoms with Gasteiger partial charge in [0, 0.05) is 18.3 Å². The molecule has 1 aliphatic rings. The maximum atomic E-state index is 12.3. The van der Waals surface area contributed by atoms with Gasteiger partial charge >= 0.3 is 0 Å². The second-order valence-electron chi connectivity index (χ2n) is 5.14. The Balaban J connectivity index is 1.52. The number of aromatic nitrogens is 3. The van der Waals surface area contributed by atoms with Gasteiger partial charge in [-0.15, -0.1) is 11.3 Å². The first-order valence-corrected chi connectivity index (χ1v) is 8.24. The number of ether oxygens (including phenoxy) is 2. The van der Waals surface area contributed by atoms with Crippen molar-refractivity contribution in [2.75, 3.05) is 12.1 Å². The zero-order valence-electron chi connectivity index (χ0n) is 12.9. The van der Waals surface area contributed by atoms with E-state index >= 15 is 0 Å². The van der Waals surface area contributed by atoms with Crippen molar-refractivity contribution in [1.29, 1.82) is 0 Å². The molecule has 1 aliphatic heterocycles. The van der Waals surface area contributed by atoms with Crippen molar-refractivity contribution in [1.82, 2.24) is 14.8 Å². The molecule has 0 saturated carbocycles. The summed E-state index contributed by atoms with van der Waals surface area (Å²) in [5.74, 6) is 1.22. The monoisotopic (exact) mass is 342 g/mol. The first-order valence-electron chi connectivity index (χ1n) is 7.42. The number of nitrogens with one attached hydrogen (secondary N) is 1. The van der Waals surface area contributed by atoms with E-state index < -0.39 is 0 Å². The summed E-state index contributed by atoms with van der Waals surface area (Å²) in [6, 6.07) is 5.62. The van der Waals surface area contributed by atoms with E-state index in [9.17, 15) is 4.79 Å². The molecule has 1 N–H and O–H groups in total. The van der Waals surface area contributed by atoms with Gasteiger partial charge in [-0.3, -0.25) is 9.48 Å². The highest BCUT2D eigenvalue weighted by Crippen LogP contribution is 2.37. The van der Waals surface area contributed by atoms with E-state index in [2.05, 4.69) is 15.4 Å². The smallest absolute Gasteiger partial charge is 0.267 e. The first-order chi connectivity index (χ1) is 11.7. The third-order valence-corrected chi connectivity index (χ3v) is 4.61. The number of fused-ring (bicyclic) bond motifs is 1. The van der Waals surface area contributed by atoms with Crippen LogP contribution in [0.5, 0.6) is 11.5 Å². The molecule has 4 rings (SSSR count). The summed E-state index contributed by atoms with van der Waals surface area (Å²) >= 11 is 1.32. The highest BCUT2D eigenvalue weighted by atomic mass is 32.1. The summed E-state index contributed by atoms with van der Waals surface area (Å²) in [5.41, 5.74) is 1.56. The van der Waals surface area contributed by atoms with Crippen molar-refractivity contribution in [3.05, 3.63) is 41.7 Å². The summed E-state index contributed by atoms with van der Waals surface area (Å²) in [7, 11) is 0. The van der Waals surface area contributed by atoms with Crippen LogP contribution in [0.2, 0.25) is 0 Å². The Labute approximate surface area is 141 Å². The quantitative estimate of drug-likeness (QED) is 0.788. The number of carbonyl (C=O) groups is 1. The number of hydrogen-bond donors (Lipinski definition) is 1. The molecule has 0 atom stereocenters. The summed E-state index contributed by atoms with van der Waals surface area (Å²) in [6.45, 7) is 2.97. The van der Waals surface area contributed by atoms with Crippen LogP contribution in [-0.2, 0) is 6.54 Å². The van der Waals surface area contributed by atoms with Gasteiger partial charge in [0.2, 0.25) is 6.79 Å². The van der Waals surface area contributed by atoms with Gasteiger partial charge in [0.25, 0.3) is 5.91 Å². The lowest BCUT2D eigenvalue weighted by Gasteiger charge is -2.00. The molecule has 0 saturated heterocycles. The molecule has 2 aromatic heterocycles. The van der Waals surface area contributed by atoms with E-state index in [0.29, 0.717) is 16.3 Å².